The first-order valence-electron chi connectivity index (χ1n) is 8.83. The first-order valence-corrected chi connectivity index (χ1v) is 8.83. The van der Waals surface area contributed by atoms with E-state index in [0.717, 1.165) is 5.57 Å². The van der Waals surface area contributed by atoms with Crippen molar-refractivity contribution < 1.29 is 23.4 Å². The van der Waals surface area contributed by atoms with Crippen molar-refractivity contribution in [1.29, 1.82) is 0 Å². The SMILES string of the molecule is COc1cc2oc3cc4occc4c(O)c3c(=O)c2c(CC=C(C)C)c1OC. The second-order valence-corrected chi connectivity index (χ2v) is 6.81. The zero-order valence-corrected chi connectivity index (χ0v) is 16.1. The molecule has 2 aromatic carbocycles. The van der Waals surface area contributed by atoms with Crippen LogP contribution in [0.25, 0.3) is 32.9 Å². The van der Waals surface area contributed by atoms with Gasteiger partial charge in [-0.25, -0.2) is 0 Å². The van der Waals surface area contributed by atoms with Gasteiger partial charge in [0.2, 0.25) is 5.43 Å². The standard InChI is InChI=1S/C22H20O6/c1-11(2)5-6-13-18-15(10-17(25-3)22(13)26-4)28-16-9-14-12(7-8-27-14)20(23)19(16)21(18)24/h5,7-10,23H,6H2,1-4H3. The summed E-state index contributed by atoms with van der Waals surface area (Å²) in [6.45, 7) is 3.96. The lowest BCUT2D eigenvalue weighted by atomic mass is 10.00. The fraction of sp³-hybridized carbons (Fsp3) is 0.227. The topological polar surface area (TPSA) is 82.0 Å². The maximum Gasteiger partial charge on any atom is 0.204 e. The molecular formula is C22H20O6. The van der Waals surface area contributed by atoms with Crippen molar-refractivity contribution >= 4 is 32.9 Å². The van der Waals surface area contributed by atoms with Gasteiger partial charge in [0.25, 0.3) is 0 Å². The van der Waals surface area contributed by atoms with Crippen molar-refractivity contribution in [2.45, 2.75) is 20.3 Å². The summed E-state index contributed by atoms with van der Waals surface area (Å²) < 4.78 is 22.4. The van der Waals surface area contributed by atoms with E-state index in [-0.39, 0.29) is 22.1 Å². The molecule has 0 aliphatic heterocycles. The third-order valence-corrected chi connectivity index (χ3v) is 4.82. The number of rotatable bonds is 4. The largest absolute Gasteiger partial charge is 0.506 e. The normalized spacial score (nSPS) is 11.3. The van der Waals surface area contributed by atoms with Crippen molar-refractivity contribution in [1.82, 2.24) is 0 Å². The van der Waals surface area contributed by atoms with Gasteiger partial charge in [-0.2, -0.15) is 0 Å². The molecule has 2 aromatic heterocycles. The van der Waals surface area contributed by atoms with Crippen LogP contribution in [0.1, 0.15) is 19.4 Å². The number of furan rings is 1. The lowest BCUT2D eigenvalue weighted by Crippen LogP contribution is -2.08. The van der Waals surface area contributed by atoms with E-state index in [1.807, 2.05) is 19.9 Å². The number of methoxy groups -OCH3 is 2. The predicted molar refractivity (Wildman–Crippen MR) is 108 cm³/mol. The highest BCUT2D eigenvalue weighted by atomic mass is 16.5. The van der Waals surface area contributed by atoms with Crippen LogP contribution in [0.4, 0.5) is 0 Å². The maximum atomic E-state index is 13.4. The molecule has 6 heteroatoms. The number of hydrogen-bond donors (Lipinski definition) is 1. The van der Waals surface area contributed by atoms with E-state index in [4.69, 9.17) is 18.3 Å². The van der Waals surface area contributed by atoms with Crippen molar-refractivity contribution in [3.05, 3.63) is 51.9 Å². The highest BCUT2D eigenvalue weighted by molar-refractivity contribution is 6.04. The van der Waals surface area contributed by atoms with Gasteiger partial charge in [0.15, 0.2) is 11.5 Å². The van der Waals surface area contributed by atoms with E-state index in [2.05, 4.69) is 0 Å². The Kier molecular flexibility index (Phi) is 4.26. The van der Waals surface area contributed by atoms with Gasteiger partial charge in [0.1, 0.15) is 27.9 Å². The summed E-state index contributed by atoms with van der Waals surface area (Å²) in [5, 5.41) is 11.6. The molecule has 0 saturated heterocycles. The average molecular weight is 380 g/mol. The van der Waals surface area contributed by atoms with E-state index in [9.17, 15) is 9.90 Å². The van der Waals surface area contributed by atoms with Crippen molar-refractivity contribution in [2.24, 2.45) is 0 Å². The van der Waals surface area contributed by atoms with Gasteiger partial charge >= 0.3 is 0 Å². The van der Waals surface area contributed by atoms with Crippen LogP contribution in [0.2, 0.25) is 0 Å². The van der Waals surface area contributed by atoms with E-state index in [1.165, 1.54) is 20.5 Å². The lowest BCUT2D eigenvalue weighted by molar-refractivity contribution is 0.352. The Morgan fingerprint density at radius 3 is 2.54 bits per heavy atom. The Balaban J connectivity index is 2.21. The summed E-state index contributed by atoms with van der Waals surface area (Å²) >= 11 is 0. The van der Waals surface area contributed by atoms with Crippen LogP contribution in [0.5, 0.6) is 17.2 Å². The van der Waals surface area contributed by atoms with Gasteiger partial charge < -0.3 is 23.4 Å². The number of allylic oxidation sites excluding steroid dienone is 2. The molecule has 0 bridgehead atoms. The molecule has 28 heavy (non-hydrogen) atoms. The third-order valence-electron chi connectivity index (χ3n) is 4.82. The third kappa shape index (κ3) is 2.60. The van der Waals surface area contributed by atoms with Gasteiger partial charge in [-0.15, -0.1) is 0 Å². The van der Waals surface area contributed by atoms with Crippen molar-refractivity contribution in [2.75, 3.05) is 14.2 Å². The lowest BCUT2D eigenvalue weighted by Gasteiger charge is -2.15. The maximum absolute atomic E-state index is 13.4. The predicted octanol–water partition coefficient (Wildman–Crippen LogP) is 4.92. The Morgan fingerprint density at radius 2 is 1.86 bits per heavy atom. The number of phenols is 1. The molecule has 1 N–H and O–H groups in total. The van der Waals surface area contributed by atoms with Crippen molar-refractivity contribution in [3.63, 3.8) is 0 Å². The molecule has 0 radical (unpaired) electrons. The Bertz CT molecular complexity index is 1300. The van der Waals surface area contributed by atoms with E-state index in [1.54, 1.807) is 18.2 Å². The first-order chi connectivity index (χ1) is 13.5. The quantitative estimate of drug-likeness (QED) is 0.400. The molecule has 6 nitrogen and oxygen atoms in total. The minimum atomic E-state index is -0.324. The Hall–Kier alpha value is -3.41. The molecule has 144 valence electrons. The zero-order valence-electron chi connectivity index (χ0n) is 16.1. The van der Waals surface area contributed by atoms with E-state index < -0.39 is 0 Å². The fourth-order valence-electron chi connectivity index (χ4n) is 3.49. The summed E-state index contributed by atoms with van der Waals surface area (Å²) in [4.78, 5) is 13.4. The number of aromatic hydroxyl groups is 1. The first kappa shape index (κ1) is 18.0. The minimum Gasteiger partial charge on any atom is -0.506 e. The molecule has 0 atom stereocenters. The molecule has 4 rings (SSSR count). The number of benzene rings is 2. The van der Waals surface area contributed by atoms with Crippen LogP contribution in [0, 0.1) is 0 Å². The molecule has 0 fully saturated rings. The second-order valence-electron chi connectivity index (χ2n) is 6.81. The van der Waals surface area contributed by atoms with Gasteiger partial charge in [0.05, 0.1) is 31.3 Å². The molecule has 0 unspecified atom stereocenters. The Morgan fingerprint density at radius 1 is 1.11 bits per heavy atom. The summed E-state index contributed by atoms with van der Waals surface area (Å²) in [6.07, 6.45) is 3.92. The number of fused-ring (bicyclic) bond motifs is 3. The van der Waals surface area contributed by atoms with Crippen LogP contribution >= 0.6 is 0 Å². The van der Waals surface area contributed by atoms with Crippen LogP contribution in [-0.2, 0) is 6.42 Å². The number of ether oxygens (including phenoxy) is 2. The minimum absolute atomic E-state index is 0.118. The van der Waals surface area contributed by atoms with Gasteiger partial charge in [-0.05, 0) is 26.3 Å². The summed E-state index contributed by atoms with van der Waals surface area (Å²) in [5.41, 5.74) is 2.48. The zero-order chi connectivity index (χ0) is 20.0. The molecule has 0 saturated carbocycles. The van der Waals surface area contributed by atoms with Crippen LogP contribution < -0.4 is 14.9 Å². The monoisotopic (exact) mass is 380 g/mol. The fourth-order valence-corrected chi connectivity index (χ4v) is 3.49. The Labute approximate surface area is 160 Å². The second kappa shape index (κ2) is 6.64. The molecule has 0 spiro atoms. The smallest absolute Gasteiger partial charge is 0.204 e. The molecule has 4 aromatic rings. The van der Waals surface area contributed by atoms with Crippen LogP contribution in [-0.4, -0.2) is 19.3 Å². The van der Waals surface area contributed by atoms with Gasteiger partial charge in [-0.3, -0.25) is 4.79 Å². The summed E-state index contributed by atoms with van der Waals surface area (Å²) in [7, 11) is 3.07. The molecule has 0 aliphatic carbocycles. The summed E-state index contributed by atoms with van der Waals surface area (Å²) in [6, 6.07) is 4.86. The summed E-state index contributed by atoms with van der Waals surface area (Å²) in [5.74, 6) is 0.792. The molecule has 2 heterocycles. The number of hydrogen-bond acceptors (Lipinski definition) is 6. The van der Waals surface area contributed by atoms with Gasteiger partial charge in [-0.1, -0.05) is 11.6 Å². The van der Waals surface area contributed by atoms with Crippen LogP contribution in [0.15, 0.2) is 49.7 Å². The number of phenolic OH excluding ortho intramolecular Hbond substituents is 1. The van der Waals surface area contributed by atoms with Gasteiger partial charge in [0, 0.05) is 17.7 Å². The van der Waals surface area contributed by atoms with Crippen LogP contribution in [0.3, 0.4) is 0 Å². The molecule has 0 amide bonds. The van der Waals surface area contributed by atoms with E-state index in [0.29, 0.717) is 45.4 Å². The highest BCUT2D eigenvalue weighted by Crippen LogP contribution is 2.40. The molecular weight excluding hydrogens is 360 g/mol. The average Bonchev–Trinajstić information content (AvgIpc) is 3.13. The van der Waals surface area contributed by atoms with Crippen molar-refractivity contribution in [3.8, 4) is 17.2 Å². The highest BCUT2D eigenvalue weighted by Gasteiger charge is 2.22. The molecule has 0 aliphatic rings. The van der Waals surface area contributed by atoms with E-state index >= 15 is 0 Å².